The first-order valence-corrected chi connectivity index (χ1v) is 2.94. The van der Waals surface area contributed by atoms with Crippen molar-refractivity contribution >= 4 is 5.78 Å². The number of aromatic amines is 1. The number of carbonyl (C=O) groups excluding carboxylic acids is 1. The predicted molar refractivity (Wildman–Crippen MR) is 38.4 cm³/mol. The van der Waals surface area contributed by atoms with Gasteiger partial charge in [0.2, 0.25) is 5.78 Å². The maximum atomic E-state index is 10.4. The minimum Gasteiger partial charge on any atom is -0.367 e. The summed E-state index contributed by atoms with van der Waals surface area (Å²) in [4.78, 5) is 13.2. The monoisotopic (exact) mass is 133 g/mol. The maximum Gasteiger partial charge on any atom is 0.202 e. The number of Topliss-reactive ketones (excluding diaryl/α,β-unsaturated/α-hetero) is 1. The molecule has 50 valence electrons. The Bertz CT molecular complexity index is 274. The van der Waals surface area contributed by atoms with E-state index in [0.717, 1.165) is 5.56 Å². The van der Waals surface area contributed by atoms with Crippen LogP contribution in [0.25, 0.3) is 0 Å². The normalized spacial score (nSPS) is 8.10. The fraction of sp³-hybridized carbons (Fsp3) is 0.125. The van der Waals surface area contributed by atoms with Gasteiger partial charge in [-0.3, -0.25) is 4.79 Å². The zero-order chi connectivity index (χ0) is 7.40. The van der Waals surface area contributed by atoms with Crippen molar-refractivity contribution in [3.8, 4) is 11.8 Å². The van der Waals surface area contributed by atoms with Gasteiger partial charge < -0.3 is 4.98 Å². The molecule has 0 aliphatic carbocycles. The van der Waals surface area contributed by atoms with E-state index in [1.54, 1.807) is 12.4 Å². The van der Waals surface area contributed by atoms with Crippen molar-refractivity contribution < 1.29 is 4.79 Å². The van der Waals surface area contributed by atoms with Crippen LogP contribution in [0.1, 0.15) is 12.5 Å². The molecule has 1 heterocycles. The van der Waals surface area contributed by atoms with Crippen LogP contribution in [0.2, 0.25) is 0 Å². The van der Waals surface area contributed by atoms with Gasteiger partial charge in [0.1, 0.15) is 0 Å². The van der Waals surface area contributed by atoms with Crippen molar-refractivity contribution in [1.82, 2.24) is 4.98 Å². The van der Waals surface area contributed by atoms with E-state index in [9.17, 15) is 4.79 Å². The highest BCUT2D eigenvalue weighted by molar-refractivity contribution is 5.93. The lowest BCUT2D eigenvalue weighted by atomic mass is 10.3. The van der Waals surface area contributed by atoms with E-state index in [2.05, 4.69) is 16.8 Å². The molecule has 0 aliphatic rings. The Labute approximate surface area is 59.3 Å². The van der Waals surface area contributed by atoms with Crippen molar-refractivity contribution in [1.29, 1.82) is 0 Å². The van der Waals surface area contributed by atoms with Crippen LogP contribution in [0.5, 0.6) is 0 Å². The molecule has 1 N–H and O–H groups in total. The standard InChI is InChI=1S/C8H7NO/c1-7(10)2-3-8-4-5-9-6-8/h4-6,9H,1H3. The van der Waals surface area contributed by atoms with Crippen LogP contribution in [-0.4, -0.2) is 10.8 Å². The van der Waals surface area contributed by atoms with Crippen molar-refractivity contribution in [2.75, 3.05) is 0 Å². The summed E-state index contributed by atoms with van der Waals surface area (Å²) in [6.45, 7) is 1.44. The highest BCUT2D eigenvalue weighted by Crippen LogP contribution is 1.91. The van der Waals surface area contributed by atoms with Gasteiger partial charge in [0.25, 0.3) is 0 Å². The number of hydrogen-bond acceptors (Lipinski definition) is 1. The molecule has 0 aliphatic heterocycles. The van der Waals surface area contributed by atoms with Crippen LogP contribution in [-0.2, 0) is 4.79 Å². The summed E-state index contributed by atoms with van der Waals surface area (Å²) < 4.78 is 0. The molecule has 0 aromatic carbocycles. The summed E-state index contributed by atoms with van der Waals surface area (Å²) in [5, 5.41) is 0. The molecule has 0 bridgehead atoms. The Balaban J connectivity index is 2.75. The van der Waals surface area contributed by atoms with Crippen molar-refractivity contribution in [2.45, 2.75) is 6.92 Å². The molecule has 1 rings (SSSR count). The molecule has 0 radical (unpaired) electrons. The smallest absolute Gasteiger partial charge is 0.202 e. The van der Waals surface area contributed by atoms with Gasteiger partial charge in [-0.1, -0.05) is 5.92 Å². The number of H-pyrrole nitrogens is 1. The number of carbonyl (C=O) groups is 1. The largest absolute Gasteiger partial charge is 0.367 e. The fourth-order valence-corrected chi connectivity index (χ4v) is 0.562. The SMILES string of the molecule is CC(=O)C#Cc1cc[nH]c1. The van der Waals surface area contributed by atoms with Crippen LogP contribution in [0.3, 0.4) is 0 Å². The Morgan fingerprint density at radius 3 is 3.00 bits per heavy atom. The third kappa shape index (κ3) is 1.79. The Morgan fingerprint density at radius 1 is 1.70 bits per heavy atom. The molecule has 10 heavy (non-hydrogen) atoms. The lowest BCUT2D eigenvalue weighted by Gasteiger charge is -1.73. The molecule has 0 saturated carbocycles. The van der Waals surface area contributed by atoms with Gasteiger partial charge in [-0.15, -0.1) is 0 Å². The van der Waals surface area contributed by atoms with E-state index in [-0.39, 0.29) is 5.78 Å². The molecule has 0 fully saturated rings. The summed E-state index contributed by atoms with van der Waals surface area (Å²) in [5.74, 6) is 5.02. The van der Waals surface area contributed by atoms with Crippen LogP contribution in [0.4, 0.5) is 0 Å². The average molecular weight is 133 g/mol. The van der Waals surface area contributed by atoms with E-state index in [1.165, 1.54) is 6.92 Å². The van der Waals surface area contributed by atoms with E-state index in [0.29, 0.717) is 0 Å². The van der Waals surface area contributed by atoms with Gasteiger partial charge in [0.05, 0.1) is 0 Å². The first kappa shape index (κ1) is 6.63. The first-order chi connectivity index (χ1) is 4.79. The van der Waals surface area contributed by atoms with Crippen LogP contribution in [0, 0.1) is 11.8 Å². The molecular formula is C8H7NO. The minimum absolute atomic E-state index is 0.110. The Hall–Kier alpha value is -1.49. The quantitative estimate of drug-likeness (QED) is 0.525. The van der Waals surface area contributed by atoms with E-state index in [4.69, 9.17) is 0 Å². The van der Waals surface area contributed by atoms with Crippen LogP contribution >= 0.6 is 0 Å². The third-order valence-corrected chi connectivity index (χ3v) is 0.981. The molecule has 0 unspecified atom stereocenters. The second-order valence-electron chi connectivity index (χ2n) is 1.91. The topological polar surface area (TPSA) is 32.9 Å². The molecule has 2 heteroatoms. The second-order valence-corrected chi connectivity index (χ2v) is 1.91. The Morgan fingerprint density at radius 2 is 2.50 bits per heavy atom. The highest BCUT2D eigenvalue weighted by atomic mass is 16.1. The van der Waals surface area contributed by atoms with Gasteiger partial charge in [-0.05, 0) is 12.0 Å². The third-order valence-electron chi connectivity index (χ3n) is 0.981. The van der Waals surface area contributed by atoms with Gasteiger partial charge in [0, 0.05) is 24.9 Å². The van der Waals surface area contributed by atoms with Gasteiger partial charge in [-0.2, -0.15) is 0 Å². The lowest BCUT2D eigenvalue weighted by molar-refractivity contribution is -0.111. The summed E-state index contributed by atoms with van der Waals surface area (Å²) in [6, 6.07) is 1.82. The van der Waals surface area contributed by atoms with E-state index < -0.39 is 0 Å². The molecule has 0 atom stereocenters. The molecule has 1 aromatic rings. The zero-order valence-corrected chi connectivity index (χ0v) is 5.64. The first-order valence-electron chi connectivity index (χ1n) is 2.94. The lowest BCUT2D eigenvalue weighted by Crippen LogP contribution is -1.79. The van der Waals surface area contributed by atoms with Gasteiger partial charge in [0.15, 0.2) is 0 Å². The highest BCUT2D eigenvalue weighted by Gasteiger charge is 1.83. The molecule has 2 nitrogen and oxygen atoms in total. The fourth-order valence-electron chi connectivity index (χ4n) is 0.562. The predicted octanol–water partition coefficient (Wildman–Crippen LogP) is 0.955. The van der Waals surface area contributed by atoms with Crippen molar-refractivity contribution in [2.24, 2.45) is 0 Å². The average Bonchev–Trinajstić information content (AvgIpc) is 2.34. The number of ketones is 1. The number of nitrogens with one attached hydrogen (secondary N) is 1. The maximum absolute atomic E-state index is 10.4. The summed E-state index contributed by atoms with van der Waals surface area (Å²) in [7, 11) is 0. The summed E-state index contributed by atoms with van der Waals surface area (Å²) in [6.07, 6.45) is 3.51. The van der Waals surface area contributed by atoms with Crippen LogP contribution in [0.15, 0.2) is 18.5 Å². The minimum atomic E-state index is -0.110. The molecule has 0 spiro atoms. The zero-order valence-electron chi connectivity index (χ0n) is 5.64. The molecular weight excluding hydrogens is 126 g/mol. The van der Waals surface area contributed by atoms with E-state index in [1.807, 2.05) is 6.07 Å². The van der Waals surface area contributed by atoms with E-state index >= 15 is 0 Å². The van der Waals surface area contributed by atoms with Crippen molar-refractivity contribution in [3.05, 3.63) is 24.0 Å². The molecule has 1 aromatic heterocycles. The summed E-state index contributed by atoms with van der Waals surface area (Å²) >= 11 is 0. The van der Waals surface area contributed by atoms with Gasteiger partial charge in [-0.25, -0.2) is 0 Å². The second kappa shape index (κ2) is 2.88. The number of hydrogen-bond donors (Lipinski definition) is 1. The van der Waals surface area contributed by atoms with Crippen molar-refractivity contribution in [3.63, 3.8) is 0 Å². The number of aromatic nitrogens is 1. The summed E-state index contributed by atoms with van der Waals surface area (Å²) in [5.41, 5.74) is 0.843. The molecule has 0 saturated heterocycles. The van der Waals surface area contributed by atoms with Crippen LogP contribution < -0.4 is 0 Å². The van der Waals surface area contributed by atoms with Gasteiger partial charge >= 0.3 is 0 Å². The molecule has 0 amide bonds. The number of rotatable bonds is 0. The Kier molecular flexibility index (Phi) is 1.91.